The van der Waals surface area contributed by atoms with Gasteiger partial charge in [0.05, 0.1) is 39.5 Å². The second kappa shape index (κ2) is 10.4. The van der Waals surface area contributed by atoms with Crippen LogP contribution in [0.25, 0.3) is 87.5 Å². The molecule has 0 atom stereocenters. The number of hydrogen-bond donors (Lipinski definition) is 0. The molecule has 238 valence electrons. The Kier molecular flexibility index (Phi) is 5.80. The number of fused-ring (bicyclic) bond motifs is 11. The number of allylic oxidation sites excluding steroid dienone is 2. The fourth-order valence-corrected chi connectivity index (χ4v) is 8.95. The third kappa shape index (κ3) is 3.79. The van der Waals surface area contributed by atoms with E-state index in [-0.39, 0.29) is 0 Å². The van der Waals surface area contributed by atoms with Crippen molar-refractivity contribution in [1.82, 2.24) is 14.0 Å². The van der Waals surface area contributed by atoms with E-state index in [1.807, 2.05) is 12.4 Å². The maximum atomic E-state index is 4.94. The van der Waals surface area contributed by atoms with Crippen LogP contribution in [0.4, 0.5) is 5.69 Å². The summed E-state index contributed by atoms with van der Waals surface area (Å²) in [5.74, 6) is 0. The maximum absolute atomic E-state index is 4.94. The smallest absolute Gasteiger partial charge is 0.0651 e. The quantitative estimate of drug-likeness (QED) is 0.191. The first-order chi connectivity index (χ1) is 24.7. The molecule has 0 N–H and O–H groups in total. The minimum absolute atomic E-state index is 1.07. The van der Waals surface area contributed by atoms with Gasteiger partial charge < -0.3 is 13.9 Å². The summed E-state index contributed by atoms with van der Waals surface area (Å²) >= 11 is 0. The molecule has 1 aliphatic rings. The molecule has 0 aliphatic heterocycles. The molecule has 0 radical (unpaired) electrons. The molecule has 4 heteroatoms. The predicted octanol–water partition coefficient (Wildman–Crippen LogP) is 12.0. The third-order valence-corrected chi connectivity index (χ3v) is 11.2. The zero-order valence-electron chi connectivity index (χ0n) is 27.9. The standard InChI is InChI=1S/C46H34N4/c1-48(32-15-3-2-4-16-32)40-20-10-7-17-34(40)31-23-33(28-47-27-31)49-41-21-11-8-18-35(41)37-26-38-36-19-9-12-22-42(36)50-43-25-30-14-6-5-13-29(30)24-39(43)44(45(37)49)46(38)50/h5-15,17-28H,2-4,16H2,1H3. The van der Waals surface area contributed by atoms with Crippen molar-refractivity contribution in [2.24, 2.45) is 0 Å². The molecular weight excluding hydrogens is 609 g/mol. The van der Waals surface area contributed by atoms with Crippen molar-refractivity contribution in [3.63, 3.8) is 0 Å². The van der Waals surface area contributed by atoms with E-state index in [4.69, 9.17) is 4.98 Å². The lowest BCUT2D eigenvalue weighted by atomic mass is 10.0. The first-order valence-electron chi connectivity index (χ1n) is 17.7. The SMILES string of the molecule is CN(C1=CCCCC1)c1ccccc1-c1cncc(-n2c3ccccc3c3cc4c5ccccc5n5c6cc7ccccc7cc6c(c32)c45)c1. The molecule has 4 heterocycles. The Morgan fingerprint density at radius 1 is 0.600 bits per heavy atom. The summed E-state index contributed by atoms with van der Waals surface area (Å²) in [6, 6.07) is 44.8. The Balaban J connectivity index is 1.25. The first kappa shape index (κ1) is 27.8. The Labute approximate surface area is 289 Å². The summed E-state index contributed by atoms with van der Waals surface area (Å²) in [4.78, 5) is 7.32. The van der Waals surface area contributed by atoms with Crippen molar-refractivity contribution in [1.29, 1.82) is 0 Å². The summed E-state index contributed by atoms with van der Waals surface area (Å²) in [5.41, 5.74) is 12.2. The van der Waals surface area contributed by atoms with Crippen molar-refractivity contribution in [3.05, 3.63) is 145 Å². The summed E-state index contributed by atoms with van der Waals surface area (Å²) in [6.45, 7) is 0. The molecule has 11 rings (SSSR count). The normalized spacial score (nSPS) is 13.9. The van der Waals surface area contributed by atoms with E-state index in [0.29, 0.717) is 0 Å². The number of benzene rings is 6. The molecule has 0 spiro atoms. The predicted molar refractivity (Wildman–Crippen MR) is 211 cm³/mol. The molecule has 0 amide bonds. The summed E-state index contributed by atoms with van der Waals surface area (Å²) in [6.07, 6.45) is 11.3. The van der Waals surface area contributed by atoms with Crippen molar-refractivity contribution in [3.8, 4) is 16.8 Å². The minimum Gasteiger partial charge on any atom is -0.348 e. The molecule has 50 heavy (non-hydrogen) atoms. The fourth-order valence-electron chi connectivity index (χ4n) is 8.95. The van der Waals surface area contributed by atoms with Crippen LogP contribution in [0.5, 0.6) is 0 Å². The van der Waals surface area contributed by atoms with Gasteiger partial charge >= 0.3 is 0 Å². The van der Waals surface area contributed by atoms with Gasteiger partial charge in [-0.3, -0.25) is 4.98 Å². The number of para-hydroxylation sites is 3. The highest BCUT2D eigenvalue weighted by Gasteiger charge is 2.25. The van der Waals surface area contributed by atoms with Gasteiger partial charge in [0, 0.05) is 68.1 Å². The topological polar surface area (TPSA) is 25.5 Å². The van der Waals surface area contributed by atoms with E-state index >= 15 is 0 Å². The summed E-state index contributed by atoms with van der Waals surface area (Å²) in [5, 5.41) is 10.2. The highest BCUT2D eigenvalue weighted by molar-refractivity contribution is 6.34. The zero-order valence-corrected chi connectivity index (χ0v) is 27.9. The Bertz CT molecular complexity index is 3010. The highest BCUT2D eigenvalue weighted by atomic mass is 15.1. The fraction of sp³-hybridized carbons (Fsp3) is 0.109. The van der Waals surface area contributed by atoms with Crippen LogP contribution in [0.2, 0.25) is 0 Å². The summed E-state index contributed by atoms with van der Waals surface area (Å²) < 4.78 is 4.97. The van der Waals surface area contributed by atoms with E-state index in [9.17, 15) is 0 Å². The average Bonchev–Trinajstić information content (AvgIpc) is 3.81. The maximum Gasteiger partial charge on any atom is 0.0651 e. The second-order valence-corrected chi connectivity index (χ2v) is 13.9. The molecule has 1 aliphatic carbocycles. The first-order valence-corrected chi connectivity index (χ1v) is 17.7. The molecule has 4 aromatic heterocycles. The van der Waals surface area contributed by atoms with Crippen LogP contribution in [0, 0.1) is 0 Å². The molecule has 0 saturated heterocycles. The van der Waals surface area contributed by atoms with Crippen LogP contribution in [0.15, 0.2) is 145 Å². The van der Waals surface area contributed by atoms with Crippen molar-refractivity contribution in [2.75, 3.05) is 11.9 Å². The van der Waals surface area contributed by atoms with Crippen LogP contribution in [0.3, 0.4) is 0 Å². The molecule has 10 aromatic rings. The van der Waals surface area contributed by atoms with Crippen LogP contribution in [0.1, 0.15) is 25.7 Å². The van der Waals surface area contributed by atoms with Crippen molar-refractivity contribution < 1.29 is 0 Å². The Hall–Kier alpha value is -6.13. The van der Waals surface area contributed by atoms with E-state index in [1.165, 1.54) is 100 Å². The largest absolute Gasteiger partial charge is 0.348 e. The van der Waals surface area contributed by atoms with Crippen molar-refractivity contribution in [2.45, 2.75) is 25.7 Å². The van der Waals surface area contributed by atoms with Gasteiger partial charge in [-0.25, -0.2) is 0 Å². The Morgan fingerprint density at radius 3 is 2.16 bits per heavy atom. The lowest BCUT2D eigenvalue weighted by Crippen LogP contribution is -2.18. The monoisotopic (exact) mass is 642 g/mol. The number of hydrogen-bond acceptors (Lipinski definition) is 2. The molecular formula is C46H34N4. The van der Waals surface area contributed by atoms with E-state index in [0.717, 1.165) is 24.1 Å². The molecule has 0 bridgehead atoms. The number of nitrogens with zero attached hydrogens (tertiary/aromatic N) is 4. The highest BCUT2D eigenvalue weighted by Crippen LogP contribution is 2.47. The molecule has 0 unspecified atom stereocenters. The van der Waals surface area contributed by atoms with E-state index in [2.05, 4.69) is 148 Å². The number of aromatic nitrogens is 3. The van der Waals surface area contributed by atoms with Gasteiger partial charge in [-0.05, 0) is 78.9 Å². The van der Waals surface area contributed by atoms with E-state index in [1.54, 1.807) is 0 Å². The van der Waals surface area contributed by atoms with E-state index < -0.39 is 0 Å². The lowest BCUT2D eigenvalue weighted by Gasteiger charge is -2.27. The molecule has 0 saturated carbocycles. The zero-order chi connectivity index (χ0) is 32.9. The van der Waals surface area contributed by atoms with Gasteiger partial charge in [0.1, 0.15) is 0 Å². The second-order valence-electron chi connectivity index (χ2n) is 13.9. The number of rotatable bonds is 4. The third-order valence-electron chi connectivity index (χ3n) is 11.2. The lowest BCUT2D eigenvalue weighted by molar-refractivity contribution is 0.686. The van der Waals surface area contributed by atoms with Crippen molar-refractivity contribution >= 4 is 76.4 Å². The van der Waals surface area contributed by atoms with Crippen LogP contribution in [-0.2, 0) is 0 Å². The average molecular weight is 643 g/mol. The van der Waals surface area contributed by atoms with Gasteiger partial charge in [0.2, 0.25) is 0 Å². The number of pyridine rings is 1. The van der Waals surface area contributed by atoms with Gasteiger partial charge in [-0.2, -0.15) is 0 Å². The van der Waals surface area contributed by atoms with Crippen LogP contribution < -0.4 is 4.90 Å². The van der Waals surface area contributed by atoms with Gasteiger partial charge in [-0.1, -0.05) is 84.9 Å². The molecule has 6 aromatic carbocycles. The van der Waals surface area contributed by atoms with Crippen LogP contribution in [-0.4, -0.2) is 21.0 Å². The Morgan fingerprint density at radius 2 is 1.32 bits per heavy atom. The minimum atomic E-state index is 1.07. The number of anilines is 1. The van der Waals surface area contributed by atoms with Crippen LogP contribution >= 0.6 is 0 Å². The molecule has 0 fully saturated rings. The van der Waals surface area contributed by atoms with Gasteiger partial charge in [0.25, 0.3) is 0 Å². The van der Waals surface area contributed by atoms with Gasteiger partial charge in [-0.15, -0.1) is 0 Å². The molecule has 4 nitrogen and oxygen atoms in total. The summed E-state index contributed by atoms with van der Waals surface area (Å²) in [7, 11) is 2.22. The van der Waals surface area contributed by atoms with Gasteiger partial charge in [0.15, 0.2) is 0 Å².